The van der Waals surface area contributed by atoms with Gasteiger partial charge in [-0.25, -0.2) is 0 Å². The van der Waals surface area contributed by atoms with Crippen LogP contribution in [0.1, 0.15) is 47.3 Å². The second kappa shape index (κ2) is 7.00. The van der Waals surface area contributed by atoms with Crippen LogP contribution in [-0.2, 0) is 6.54 Å². The van der Waals surface area contributed by atoms with E-state index in [9.17, 15) is 9.59 Å². The third-order valence-electron chi connectivity index (χ3n) is 2.90. The summed E-state index contributed by atoms with van der Waals surface area (Å²) in [6, 6.07) is 8.54. The summed E-state index contributed by atoms with van der Waals surface area (Å²) in [6.07, 6.45) is 3.12. The van der Waals surface area contributed by atoms with Crippen molar-refractivity contribution in [2.75, 3.05) is 0 Å². The van der Waals surface area contributed by atoms with Gasteiger partial charge in [-0.1, -0.05) is 6.07 Å². The van der Waals surface area contributed by atoms with Crippen molar-refractivity contribution in [3.63, 3.8) is 0 Å². The first kappa shape index (κ1) is 16.6. The molecule has 0 aliphatic carbocycles. The number of hydrogen-bond acceptors (Lipinski definition) is 4. The van der Waals surface area contributed by atoms with Crippen LogP contribution in [0.5, 0.6) is 0 Å². The van der Waals surface area contributed by atoms with Crippen LogP contribution in [-0.4, -0.2) is 27.3 Å². The second-order valence-corrected chi connectivity index (χ2v) is 6.14. The lowest BCUT2D eigenvalue weighted by molar-refractivity contribution is 0.0919. The van der Waals surface area contributed by atoms with Gasteiger partial charge in [-0.15, -0.1) is 0 Å². The molecule has 0 aliphatic rings. The molecule has 0 saturated heterocycles. The van der Waals surface area contributed by atoms with Crippen molar-refractivity contribution >= 4 is 11.8 Å². The molecule has 6 nitrogen and oxygen atoms in total. The molecule has 0 aromatic carbocycles. The molecule has 0 atom stereocenters. The van der Waals surface area contributed by atoms with Crippen molar-refractivity contribution < 1.29 is 9.59 Å². The molecule has 2 heterocycles. The van der Waals surface area contributed by atoms with E-state index in [1.54, 1.807) is 12.3 Å². The van der Waals surface area contributed by atoms with E-state index in [2.05, 4.69) is 20.6 Å². The summed E-state index contributed by atoms with van der Waals surface area (Å²) < 4.78 is 0. The van der Waals surface area contributed by atoms with E-state index in [0.717, 1.165) is 5.69 Å². The summed E-state index contributed by atoms with van der Waals surface area (Å²) in [5, 5.41) is 5.58. The number of amides is 2. The van der Waals surface area contributed by atoms with Crippen LogP contribution in [0.2, 0.25) is 0 Å². The van der Waals surface area contributed by atoms with E-state index in [1.807, 2.05) is 39.0 Å². The highest BCUT2D eigenvalue weighted by Crippen LogP contribution is 2.06. The Balaban J connectivity index is 2.04. The third kappa shape index (κ3) is 5.18. The Hall–Kier alpha value is -2.76. The maximum Gasteiger partial charge on any atom is 0.270 e. The molecule has 2 aromatic heterocycles. The standard InChI is InChI=1S/C17H20N4O2/c1-17(2,3)21-15(22)12-7-9-19-14(10-12)16(23)20-11-13-6-4-5-8-18-13/h4-10H,11H2,1-3H3,(H,20,23)(H,21,22). The highest BCUT2D eigenvalue weighted by Gasteiger charge is 2.17. The highest BCUT2D eigenvalue weighted by molar-refractivity contribution is 5.98. The summed E-state index contributed by atoms with van der Waals surface area (Å²) in [7, 11) is 0. The summed E-state index contributed by atoms with van der Waals surface area (Å²) in [4.78, 5) is 32.4. The normalized spacial score (nSPS) is 10.9. The fourth-order valence-electron chi connectivity index (χ4n) is 1.87. The average Bonchev–Trinajstić information content (AvgIpc) is 2.52. The number of carbonyl (C=O) groups excluding carboxylic acids is 2. The van der Waals surface area contributed by atoms with Gasteiger partial charge in [0.2, 0.25) is 0 Å². The topological polar surface area (TPSA) is 84.0 Å². The molecule has 2 rings (SSSR count). The van der Waals surface area contributed by atoms with Crippen LogP contribution in [0.25, 0.3) is 0 Å². The number of carbonyl (C=O) groups is 2. The van der Waals surface area contributed by atoms with Gasteiger partial charge in [0.15, 0.2) is 0 Å². The molecule has 6 heteroatoms. The fraction of sp³-hybridized carbons (Fsp3) is 0.294. The Morgan fingerprint density at radius 2 is 1.83 bits per heavy atom. The van der Waals surface area contributed by atoms with Crippen LogP contribution in [0, 0.1) is 0 Å². The van der Waals surface area contributed by atoms with Crippen molar-refractivity contribution in [2.45, 2.75) is 32.9 Å². The molecule has 0 aliphatic heterocycles. The zero-order valence-corrected chi connectivity index (χ0v) is 13.5. The van der Waals surface area contributed by atoms with Gasteiger partial charge in [-0.2, -0.15) is 0 Å². The molecule has 2 N–H and O–H groups in total. The fourth-order valence-corrected chi connectivity index (χ4v) is 1.87. The molecule has 0 unspecified atom stereocenters. The van der Waals surface area contributed by atoms with Crippen LogP contribution in [0.3, 0.4) is 0 Å². The molecule has 2 amide bonds. The monoisotopic (exact) mass is 312 g/mol. The first-order valence-corrected chi connectivity index (χ1v) is 7.32. The van der Waals surface area contributed by atoms with Crippen LogP contribution >= 0.6 is 0 Å². The first-order chi connectivity index (χ1) is 10.8. The summed E-state index contributed by atoms with van der Waals surface area (Å²) in [5.41, 5.74) is 1.00. The van der Waals surface area contributed by atoms with Gasteiger partial charge >= 0.3 is 0 Å². The molecule has 0 saturated carbocycles. The number of rotatable bonds is 4. The van der Waals surface area contributed by atoms with Crippen molar-refractivity contribution in [1.82, 2.24) is 20.6 Å². The van der Waals surface area contributed by atoms with Gasteiger partial charge in [0.1, 0.15) is 5.69 Å². The average molecular weight is 312 g/mol. The number of nitrogens with zero attached hydrogens (tertiary/aromatic N) is 2. The predicted molar refractivity (Wildman–Crippen MR) is 86.9 cm³/mol. The molecule has 120 valence electrons. The third-order valence-corrected chi connectivity index (χ3v) is 2.90. The van der Waals surface area contributed by atoms with E-state index < -0.39 is 0 Å². The minimum Gasteiger partial charge on any atom is -0.347 e. The van der Waals surface area contributed by atoms with Crippen LogP contribution < -0.4 is 10.6 Å². The van der Waals surface area contributed by atoms with Gasteiger partial charge in [0.25, 0.3) is 11.8 Å². The molecule has 23 heavy (non-hydrogen) atoms. The molecule has 0 fully saturated rings. The van der Waals surface area contributed by atoms with Gasteiger partial charge < -0.3 is 10.6 Å². The minimum atomic E-state index is -0.346. The quantitative estimate of drug-likeness (QED) is 0.903. The molecule has 0 bridgehead atoms. The lowest BCUT2D eigenvalue weighted by Crippen LogP contribution is -2.40. The van der Waals surface area contributed by atoms with Gasteiger partial charge in [-0.05, 0) is 45.0 Å². The highest BCUT2D eigenvalue weighted by atomic mass is 16.2. The van der Waals surface area contributed by atoms with Crippen molar-refractivity contribution in [3.8, 4) is 0 Å². The first-order valence-electron chi connectivity index (χ1n) is 7.32. The summed E-state index contributed by atoms with van der Waals surface area (Å²) in [6.45, 7) is 5.99. The number of aromatic nitrogens is 2. The Morgan fingerprint density at radius 1 is 1.04 bits per heavy atom. The number of nitrogens with one attached hydrogen (secondary N) is 2. The maximum absolute atomic E-state index is 12.1. The zero-order valence-electron chi connectivity index (χ0n) is 13.5. The van der Waals surface area contributed by atoms with E-state index in [-0.39, 0.29) is 23.0 Å². The lowest BCUT2D eigenvalue weighted by Gasteiger charge is -2.20. The molecular weight excluding hydrogens is 292 g/mol. The SMILES string of the molecule is CC(C)(C)NC(=O)c1ccnc(C(=O)NCc2ccccn2)c1. The van der Waals surface area contributed by atoms with Gasteiger partial charge in [0, 0.05) is 23.5 Å². The minimum absolute atomic E-state index is 0.197. The number of pyridine rings is 2. The van der Waals surface area contributed by atoms with Gasteiger partial charge in [0.05, 0.1) is 12.2 Å². The van der Waals surface area contributed by atoms with E-state index in [4.69, 9.17) is 0 Å². The smallest absolute Gasteiger partial charge is 0.270 e. The van der Waals surface area contributed by atoms with Crippen molar-refractivity contribution in [3.05, 3.63) is 59.7 Å². The molecule has 0 radical (unpaired) electrons. The predicted octanol–water partition coefficient (Wildman–Crippen LogP) is 1.93. The van der Waals surface area contributed by atoms with Crippen LogP contribution in [0.15, 0.2) is 42.7 Å². The largest absolute Gasteiger partial charge is 0.347 e. The summed E-state index contributed by atoms with van der Waals surface area (Å²) >= 11 is 0. The second-order valence-electron chi connectivity index (χ2n) is 6.14. The Labute approximate surface area is 135 Å². The van der Waals surface area contributed by atoms with Gasteiger partial charge in [-0.3, -0.25) is 19.6 Å². The Morgan fingerprint density at radius 3 is 2.48 bits per heavy atom. The Bertz CT molecular complexity index is 693. The van der Waals surface area contributed by atoms with E-state index in [0.29, 0.717) is 12.1 Å². The van der Waals surface area contributed by atoms with Crippen LogP contribution in [0.4, 0.5) is 0 Å². The van der Waals surface area contributed by atoms with Crippen molar-refractivity contribution in [2.24, 2.45) is 0 Å². The van der Waals surface area contributed by atoms with Crippen molar-refractivity contribution in [1.29, 1.82) is 0 Å². The molecule has 0 spiro atoms. The van der Waals surface area contributed by atoms with E-state index in [1.165, 1.54) is 12.3 Å². The summed E-state index contributed by atoms with van der Waals surface area (Å²) in [5.74, 6) is -0.584. The number of hydrogen-bond donors (Lipinski definition) is 2. The molecule has 2 aromatic rings. The Kier molecular flexibility index (Phi) is 5.05. The lowest BCUT2D eigenvalue weighted by atomic mass is 10.1. The zero-order chi connectivity index (χ0) is 16.9. The maximum atomic E-state index is 12.1. The molecular formula is C17H20N4O2. The van der Waals surface area contributed by atoms with E-state index >= 15 is 0 Å².